The lowest BCUT2D eigenvalue weighted by Crippen LogP contribution is -2.36. The lowest BCUT2D eigenvalue weighted by Gasteiger charge is -2.24. The Labute approximate surface area is 137 Å². The molecule has 1 aromatic heterocycles. The van der Waals surface area contributed by atoms with Gasteiger partial charge in [-0.15, -0.1) is 0 Å². The average Bonchev–Trinajstić information content (AvgIpc) is 3.06. The van der Waals surface area contributed by atoms with Gasteiger partial charge in [0.25, 0.3) is 11.9 Å². The minimum Gasteiger partial charge on any atom is -0.465 e. The van der Waals surface area contributed by atoms with Crippen LogP contribution >= 0.6 is 0 Å². The van der Waals surface area contributed by atoms with Gasteiger partial charge in [0, 0.05) is 18.8 Å². The summed E-state index contributed by atoms with van der Waals surface area (Å²) in [4.78, 5) is 18.6. The number of ether oxygens (including phenoxy) is 3. The van der Waals surface area contributed by atoms with Gasteiger partial charge in [-0.1, -0.05) is 0 Å². The van der Waals surface area contributed by atoms with Crippen LogP contribution in [0.5, 0.6) is 0 Å². The van der Waals surface area contributed by atoms with Crippen LogP contribution in [0.15, 0.2) is 47.2 Å². The second-order valence-electron chi connectivity index (χ2n) is 5.24. The summed E-state index contributed by atoms with van der Waals surface area (Å²) >= 11 is 0. The Bertz CT molecular complexity index is 820. The van der Waals surface area contributed by atoms with Crippen LogP contribution in [-0.2, 0) is 19.0 Å². The number of morpholine rings is 1. The Balaban J connectivity index is 1.52. The minimum atomic E-state index is -0.407. The van der Waals surface area contributed by atoms with Gasteiger partial charge in [0.1, 0.15) is 24.3 Å². The first-order valence-corrected chi connectivity index (χ1v) is 7.51. The van der Waals surface area contributed by atoms with Gasteiger partial charge in [0.15, 0.2) is 5.58 Å². The maximum Gasteiger partial charge on any atom is 0.298 e. The molecule has 0 spiro atoms. The van der Waals surface area contributed by atoms with E-state index in [1.165, 1.54) is 18.8 Å². The van der Waals surface area contributed by atoms with E-state index in [9.17, 15) is 4.79 Å². The zero-order valence-electron chi connectivity index (χ0n) is 12.7. The molecule has 1 fully saturated rings. The molecule has 8 nitrogen and oxygen atoms in total. The number of benzene rings is 1. The minimum absolute atomic E-state index is 0.0757. The summed E-state index contributed by atoms with van der Waals surface area (Å²) in [6, 6.07) is 5.83. The van der Waals surface area contributed by atoms with Gasteiger partial charge >= 0.3 is 0 Å². The monoisotopic (exact) mass is 329 g/mol. The molecular formula is C16H15N3O5. The molecular weight excluding hydrogens is 314 g/mol. The van der Waals surface area contributed by atoms with Gasteiger partial charge in [-0.2, -0.15) is 4.98 Å². The quantitative estimate of drug-likeness (QED) is 0.921. The van der Waals surface area contributed by atoms with Crippen molar-refractivity contribution in [3.8, 4) is 0 Å². The van der Waals surface area contributed by atoms with Crippen LogP contribution in [0.2, 0.25) is 0 Å². The molecule has 0 saturated carbocycles. The lowest BCUT2D eigenvalue weighted by atomic mass is 10.3. The third-order valence-electron chi connectivity index (χ3n) is 3.64. The molecule has 0 unspecified atom stereocenters. The van der Waals surface area contributed by atoms with E-state index in [1.807, 2.05) is 4.90 Å². The number of aromatic nitrogens is 1. The molecule has 1 amide bonds. The fraction of sp³-hybridized carbons (Fsp3) is 0.250. The Kier molecular flexibility index (Phi) is 3.80. The average molecular weight is 329 g/mol. The number of anilines is 2. The number of hydrogen-bond donors (Lipinski definition) is 1. The fourth-order valence-corrected chi connectivity index (χ4v) is 2.44. The van der Waals surface area contributed by atoms with Crippen molar-refractivity contribution in [1.82, 2.24) is 4.98 Å². The van der Waals surface area contributed by atoms with E-state index < -0.39 is 5.91 Å². The molecule has 0 atom stereocenters. The summed E-state index contributed by atoms with van der Waals surface area (Å²) in [5.41, 5.74) is 1.92. The van der Waals surface area contributed by atoms with Gasteiger partial charge in [-0.25, -0.2) is 0 Å². The van der Waals surface area contributed by atoms with E-state index in [4.69, 9.17) is 18.6 Å². The summed E-state index contributed by atoms with van der Waals surface area (Å²) in [6.07, 6.45) is 3.87. The first kappa shape index (κ1) is 14.6. The third-order valence-corrected chi connectivity index (χ3v) is 3.64. The number of carbonyl (C=O) groups excluding carboxylic acids is 1. The van der Waals surface area contributed by atoms with Crippen LogP contribution in [0.1, 0.15) is 0 Å². The number of hydrogen-bond acceptors (Lipinski definition) is 7. The summed E-state index contributed by atoms with van der Waals surface area (Å²) in [6.45, 7) is 2.81. The SMILES string of the molecule is O=C(Nc1ccc2oc(N3CCOCC3)nc2c1)C1=COC=CO1. The highest BCUT2D eigenvalue weighted by atomic mass is 16.5. The Morgan fingerprint density at radius 2 is 2.08 bits per heavy atom. The fourth-order valence-electron chi connectivity index (χ4n) is 2.44. The summed E-state index contributed by atoms with van der Waals surface area (Å²) < 4.78 is 21.1. The predicted molar refractivity (Wildman–Crippen MR) is 85.1 cm³/mol. The maximum absolute atomic E-state index is 12.1. The molecule has 0 bridgehead atoms. The van der Waals surface area contributed by atoms with Crippen molar-refractivity contribution in [2.75, 3.05) is 36.5 Å². The van der Waals surface area contributed by atoms with Crippen LogP contribution in [-0.4, -0.2) is 37.2 Å². The highest BCUT2D eigenvalue weighted by Gasteiger charge is 2.18. The van der Waals surface area contributed by atoms with Crippen molar-refractivity contribution < 1.29 is 23.4 Å². The second kappa shape index (κ2) is 6.25. The molecule has 1 saturated heterocycles. The topological polar surface area (TPSA) is 86.1 Å². The largest absolute Gasteiger partial charge is 0.465 e. The molecule has 124 valence electrons. The van der Waals surface area contributed by atoms with Crippen molar-refractivity contribution in [2.45, 2.75) is 0 Å². The molecule has 2 aromatic rings. The smallest absolute Gasteiger partial charge is 0.298 e. The molecule has 0 radical (unpaired) electrons. The first-order chi connectivity index (χ1) is 11.8. The number of fused-ring (bicyclic) bond motifs is 1. The van der Waals surface area contributed by atoms with Crippen LogP contribution in [0.3, 0.4) is 0 Å². The Hall–Kier alpha value is -3.00. The molecule has 2 aliphatic rings. The second-order valence-corrected chi connectivity index (χ2v) is 5.24. The van der Waals surface area contributed by atoms with Crippen molar-refractivity contribution in [2.24, 2.45) is 0 Å². The van der Waals surface area contributed by atoms with Gasteiger partial charge in [0.05, 0.1) is 13.2 Å². The summed E-state index contributed by atoms with van der Waals surface area (Å²) in [7, 11) is 0. The Morgan fingerprint density at radius 3 is 2.88 bits per heavy atom. The van der Waals surface area contributed by atoms with Gasteiger partial charge in [-0.05, 0) is 18.2 Å². The predicted octanol–water partition coefficient (Wildman–Crippen LogP) is 1.96. The van der Waals surface area contributed by atoms with Crippen molar-refractivity contribution in [1.29, 1.82) is 0 Å². The number of amides is 1. The molecule has 2 aliphatic heterocycles. The lowest BCUT2D eigenvalue weighted by molar-refractivity contribution is -0.115. The van der Waals surface area contributed by atoms with Crippen LogP contribution in [0.4, 0.5) is 11.7 Å². The van der Waals surface area contributed by atoms with E-state index >= 15 is 0 Å². The standard InChI is InChI=1S/C16H15N3O5/c20-15(14-10-22-7-8-23-14)17-11-1-2-13-12(9-11)18-16(24-13)19-3-5-21-6-4-19/h1-2,7-10H,3-6H2,(H,17,20). The molecule has 4 rings (SSSR count). The molecule has 8 heteroatoms. The van der Waals surface area contributed by atoms with E-state index in [1.54, 1.807) is 18.2 Å². The van der Waals surface area contributed by atoms with E-state index in [2.05, 4.69) is 10.3 Å². The number of rotatable bonds is 3. The van der Waals surface area contributed by atoms with Crippen molar-refractivity contribution >= 4 is 28.7 Å². The Morgan fingerprint density at radius 1 is 1.21 bits per heavy atom. The van der Waals surface area contributed by atoms with Gasteiger partial charge in [0.2, 0.25) is 5.76 Å². The highest BCUT2D eigenvalue weighted by molar-refractivity contribution is 6.03. The summed E-state index contributed by atoms with van der Waals surface area (Å²) in [5, 5.41) is 2.73. The first-order valence-electron chi connectivity index (χ1n) is 7.51. The third kappa shape index (κ3) is 2.91. The zero-order valence-corrected chi connectivity index (χ0v) is 12.7. The molecule has 0 aliphatic carbocycles. The van der Waals surface area contributed by atoms with Crippen LogP contribution in [0, 0.1) is 0 Å². The molecule has 3 heterocycles. The normalized spacial score (nSPS) is 17.2. The number of nitrogens with zero attached hydrogens (tertiary/aromatic N) is 2. The van der Waals surface area contributed by atoms with Crippen LogP contribution < -0.4 is 10.2 Å². The zero-order chi connectivity index (χ0) is 16.4. The summed E-state index contributed by atoms with van der Waals surface area (Å²) in [5.74, 6) is -0.331. The van der Waals surface area contributed by atoms with Crippen LogP contribution in [0.25, 0.3) is 11.1 Å². The van der Waals surface area contributed by atoms with Crippen molar-refractivity contribution in [3.63, 3.8) is 0 Å². The molecule has 1 aromatic carbocycles. The molecule has 24 heavy (non-hydrogen) atoms. The van der Waals surface area contributed by atoms with Gasteiger partial charge in [-0.3, -0.25) is 4.79 Å². The van der Waals surface area contributed by atoms with Crippen molar-refractivity contribution in [3.05, 3.63) is 42.7 Å². The maximum atomic E-state index is 12.1. The van der Waals surface area contributed by atoms with E-state index in [-0.39, 0.29) is 5.76 Å². The number of carbonyl (C=O) groups is 1. The van der Waals surface area contributed by atoms with E-state index in [0.29, 0.717) is 36.0 Å². The molecule has 1 N–H and O–H groups in total. The highest BCUT2D eigenvalue weighted by Crippen LogP contribution is 2.25. The van der Waals surface area contributed by atoms with Gasteiger partial charge < -0.3 is 28.8 Å². The number of oxazole rings is 1. The number of nitrogens with one attached hydrogen (secondary N) is 1. The van der Waals surface area contributed by atoms with E-state index in [0.717, 1.165) is 13.1 Å².